The Bertz CT molecular complexity index is 533. The van der Waals surface area contributed by atoms with Gasteiger partial charge < -0.3 is 15.0 Å². The smallest absolute Gasteiger partial charge is 0.321 e. The molecule has 1 aliphatic rings. The maximum Gasteiger partial charge on any atom is 0.321 e. The number of nitrogens with zero attached hydrogens (tertiary/aromatic N) is 1. The van der Waals surface area contributed by atoms with E-state index in [2.05, 4.69) is 12.2 Å². The van der Waals surface area contributed by atoms with Gasteiger partial charge in [-0.2, -0.15) is 0 Å². The van der Waals surface area contributed by atoms with Crippen molar-refractivity contribution in [1.29, 1.82) is 0 Å². The lowest BCUT2D eigenvalue weighted by Crippen LogP contribution is -2.34. The maximum atomic E-state index is 12.2. The first-order valence-electron chi connectivity index (χ1n) is 8.09. The van der Waals surface area contributed by atoms with E-state index in [9.17, 15) is 9.59 Å². The van der Waals surface area contributed by atoms with Crippen LogP contribution in [0.2, 0.25) is 5.02 Å². The molecular formula is C17H23ClN2O3. The number of hydrogen-bond acceptors (Lipinski definition) is 3. The number of unbranched alkanes of at least 4 members (excludes halogenated alkanes) is 2. The van der Waals surface area contributed by atoms with E-state index < -0.39 is 0 Å². The lowest BCUT2D eigenvalue weighted by Gasteiger charge is -2.17. The van der Waals surface area contributed by atoms with Gasteiger partial charge in [0.05, 0.1) is 6.54 Å². The number of benzene rings is 1. The van der Waals surface area contributed by atoms with Crippen molar-refractivity contribution in [3.63, 3.8) is 0 Å². The number of carbonyl (C=O) groups is 2. The van der Waals surface area contributed by atoms with Gasteiger partial charge in [-0.05, 0) is 30.7 Å². The van der Waals surface area contributed by atoms with E-state index in [1.54, 1.807) is 29.2 Å². The summed E-state index contributed by atoms with van der Waals surface area (Å²) in [6.45, 7) is 3.13. The monoisotopic (exact) mass is 338 g/mol. The summed E-state index contributed by atoms with van der Waals surface area (Å²) >= 11 is 5.82. The average molecular weight is 339 g/mol. The van der Waals surface area contributed by atoms with Gasteiger partial charge >= 0.3 is 12.0 Å². The molecule has 1 heterocycles. The Balaban J connectivity index is 1.74. The predicted octanol–water partition coefficient (Wildman–Crippen LogP) is 4.07. The van der Waals surface area contributed by atoms with Gasteiger partial charge in [0.15, 0.2) is 0 Å². The van der Waals surface area contributed by atoms with Crippen LogP contribution in [-0.4, -0.2) is 36.1 Å². The van der Waals surface area contributed by atoms with Crippen LogP contribution in [0.15, 0.2) is 24.3 Å². The molecule has 126 valence electrons. The molecule has 23 heavy (non-hydrogen) atoms. The van der Waals surface area contributed by atoms with Crippen LogP contribution in [0.4, 0.5) is 10.5 Å². The summed E-state index contributed by atoms with van der Waals surface area (Å²) in [5, 5.41) is 3.44. The second-order valence-electron chi connectivity index (χ2n) is 5.74. The lowest BCUT2D eigenvalue weighted by molar-refractivity contribution is -0.148. The molecule has 0 aromatic heterocycles. The van der Waals surface area contributed by atoms with Gasteiger partial charge in [0.2, 0.25) is 0 Å². The first kappa shape index (κ1) is 17.6. The molecule has 1 atom stereocenters. The topological polar surface area (TPSA) is 58.6 Å². The van der Waals surface area contributed by atoms with E-state index >= 15 is 0 Å². The molecule has 5 nitrogen and oxygen atoms in total. The van der Waals surface area contributed by atoms with Crippen LogP contribution in [0.1, 0.15) is 39.0 Å². The molecule has 6 heteroatoms. The number of ether oxygens (including phenoxy) is 1. The van der Waals surface area contributed by atoms with E-state index in [-0.39, 0.29) is 18.1 Å². The van der Waals surface area contributed by atoms with Gasteiger partial charge in [-0.1, -0.05) is 31.4 Å². The minimum Gasteiger partial charge on any atom is -0.460 e. The molecule has 0 radical (unpaired) electrons. The number of urea groups is 1. The third-order valence-electron chi connectivity index (χ3n) is 3.81. The third-order valence-corrected chi connectivity index (χ3v) is 4.06. The van der Waals surface area contributed by atoms with Crippen LogP contribution in [0, 0.1) is 0 Å². The first-order chi connectivity index (χ1) is 11.1. The van der Waals surface area contributed by atoms with E-state index in [4.69, 9.17) is 16.3 Å². The van der Waals surface area contributed by atoms with Gasteiger partial charge in [-0.15, -0.1) is 0 Å². The van der Waals surface area contributed by atoms with E-state index in [0.717, 1.165) is 19.3 Å². The summed E-state index contributed by atoms with van der Waals surface area (Å²) in [6.07, 6.45) is 3.93. The van der Waals surface area contributed by atoms with Crippen molar-refractivity contribution >= 4 is 29.3 Å². The molecular weight excluding hydrogens is 316 g/mol. The highest BCUT2D eigenvalue weighted by atomic mass is 35.5. The molecule has 2 amide bonds. The highest BCUT2D eigenvalue weighted by molar-refractivity contribution is 6.30. The number of esters is 1. The fourth-order valence-electron chi connectivity index (χ4n) is 2.51. The number of anilines is 1. The first-order valence-corrected chi connectivity index (χ1v) is 8.47. The number of likely N-dealkylation sites (tertiary alicyclic amines) is 1. The van der Waals surface area contributed by atoms with Crippen molar-refractivity contribution in [1.82, 2.24) is 4.90 Å². The summed E-state index contributed by atoms with van der Waals surface area (Å²) in [7, 11) is 0. The Labute approximate surface area is 141 Å². The fraction of sp³-hybridized carbons (Fsp3) is 0.529. The van der Waals surface area contributed by atoms with Crippen molar-refractivity contribution in [3.05, 3.63) is 29.3 Å². The molecule has 1 aromatic carbocycles. The van der Waals surface area contributed by atoms with Gasteiger partial charge in [-0.3, -0.25) is 4.79 Å². The van der Waals surface area contributed by atoms with Crippen molar-refractivity contribution in [2.24, 2.45) is 0 Å². The van der Waals surface area contributed by atoms with Gasteiger partial charge in [0.1, 0.15) is 6.10 Å². The lowest BCUT2D eigenvalue weighted by atomic mass is 10.2. The number of rotatable bonds is 6. The van der Waals surface area contributed by atoms with Gasteiger partial charge in [-0.25, -0.2) is 4.79 Å². The normalized spacial score (nSPS) is 17.1. The highest BCUT2D eigenvalue weighted by Gasteiger charge is 2.28. The molecule has 1 aromatic rings. The molecule has 1 aliphatic heterocycles. The molecule has 0 bridgehead atoms. The number of carbonyl (C=O) groups excluding carboxylic acids is 2. The largest absolute Gasteiger partial charge is 0.460 e. The third kappa shape index (κ3) is 5.75. The molecule has 0 aliphatic carbocycles. The zero-order valence-corrected chi connectivity index (χ0v) is 14.1. The molecule has 1 N–H and O–H groups in total. The Morgan fingerprint density at radius 2 is 2.04 bits per heavy atom. The zero-order chi connectivity index (χ0) is 16.7. The number of hydrogen-bond donors (Lipinski definition) is 1. The van der Waals surface area contributed by atoms with Crippen LogP contribution >= 0.6 is 11.6 Å². The van der Waals surface area contributed by atoms with Gasteiger partial charge in [0, 0.05) is 30.1 Å². The molecule has 0 saturated carbocycles. The molecule has 1 saturated heterocycles. The minimum absolute atomic E-state index is 0.164. The van der Waals surface area contributed by atoms with Crippen LogP contribution < -0.4 is 5.32 Å². The zero-order valence-electron chi connectivity index (χ0n) is 13.4. The Morgan fingerprint density at radius 3 is 2.74 bits per heavy atom. The maximum absolute atomic E-state index is 12.2. The number of halogens is 1. The predicted molar refractivity (Wildman–Crippen MR) is 90.7 cm³/mol. The fourth-order valence-corrected chi connectivity index (χ4v) is 2.63. The standard InChI is InChI=1S/C17H23ClN2O3/c1-2-3-4-5-16(21)23-15-10-11-20(12-15)17(22)19-14-8-6-13(18)7-9-14/h6-9,15H,2-5,10-12H2,1H3,(H,19,22)/t15-/m0/s1. The van der Waals surface area contributed by atoms with Crippen molar-refractivity contribution in [3.8, 4) is 0 Å². The van der Waals surface area contributed by atoms with E-state index in [1.807, 2.05) is 0 Å². The summed E-state index contributed by atoms with van der Waals surface area (Å²) in [5.41, 5.74) is 0.694. The summed E-state index contributed by atoms with van der Waals surface area (Å²) in [5.74, 6) is -0.164. The summed E-state index contributed by atoms with van der Waals surface area (Å²) < 4.78 is 5.43. The second kappa shape index (κ2) is 8.77. The SMILES string of the molecule is CCCCCC(=O)O[C@H]1CCN(C(=O)Nc2ccc(Cl)cc2)C1. The Morgan fingerprint density at radius 1 is 1.30 bits per heavy atom. The van der Waals surface area contributed by atoms with Crippen LogP contribution in [0.5, 0.6) is 0 Å². The minimum atomic E-state index is -0.194. The van der Waals surface area contributed by atoms with Crippen LogP contribution in [0.25, 0.3) is 0 Å². The van der Waals surface area contributed by atoms with Crippen molar-refractivity contribution < 1.29 is 14.3 Å². The average Bonchev–Trinajstić information content (AvgIpc) is 2.98. The molecule has 1 fully saturated rings. The quantitative estimate of drug-likeness (QED) is 0.628. The Kier molecular flexibility index (Phi) is 6.71. The molecule has 0 unspecified atom stereocenters. The summed E-state index contributed by atoms with van der Waals surface area (Å²) in [4.78, 5) is 25.6. The van der Waals surface area contributed by atoms with E-state index in [0.29, 0.717) is 36.6 Å². The van der Waals surface area contributed by atoms with Crippen molar-refractivity contribution in [2.45, 2.75) is 45.1 Å². The van der Waals surface area contributed by atoms with Crippen molar-refractivity contribution in [2.75, 3.05) is 18.4 Å². The number of nitrogens with one attached hydrogen (secondary N) is 1. The van der Waals surface area contributed by atoms with Crippen LogP contribution in [0.3, 0.4) is 0 Å². The molecule has 2 rings (SSSR count). The Hall–Kier alpha value is -1.75. The number of amides is 2. The summed E-state index contributed by atoms with van der Waals surface area (Å²) in [6, 6.07) is 6.77. The van der Waals surface area contributed by atoms with Gasteiger partial charge in [0.25, 0.3) is 0 Å². The second-order valence-corrected chi connectivity index (χ2v) is 6.18. The molecule has 0 spiro atoms. The van der Waals surface area contributed by atoms with E-state index in [1.165, 1.54) is 0 Å². The highest BCUT2D eigenvalue weighted by Crippen LogP contribution is 2.17. The van der Waals surface area contributed by atoms with Crippen LogP contribution in [-0.2, 0) is 9.53 Å².